The largest absolute Gasteiger partial charge is 0.490 e. The first-order valence-corrected chi connectivity index (χ1v) is 5.04. The van der Waals surface area contributed by atoms with Gasteiger partial charge in [-0.05, 0) is 17.7 Å². The topological polar surface area (TPSA) is 38.7 Å². The number of halogens is 2. The Bertz CT molecular complexity index is 380. The summed E-state index contributed by atoms with van der Waals surface area (Å²) in [6.07, 6.45) is -1.91. The fourth-order valence-corrected chi connectivity index (χ4v) is 1.61. The average molecular weight is 230 g/mol. The number of benzene rings is 1. The van der Waals surface area contributed by atoms with Crippen molar-refractivity contribution in [1.29, 1.82) is 0 Å². The number of ether oxygens (including phenoxy) is 2. The quantitative estimate of drug-likeness (QED) is 0.847. The van der Waals surface area contributed by atoms with Gasteiger partial charge in [0.15, 0.2) is 11.5 Å². The number of alkyl halides is 2. The summed E-state index contributed by atoms with van der Waals surface area (Å²) in [4.78, 5) is 0. The van der Waals surface area contributed by atoms with Crippen LogP contribution >= 0.6 is 0 Å². The molecule has 5 heteroatoms. The van der Waals surface area contributed by atoms with Crippen molar-refractivity contribution in [3.05, 3.63) is 23.3 Å². The van der Waals surface area contributed by atoms with E-state index in [2.05, 4.69) is 0 Å². The van der Waals surface area contributed by atoms with E-state index in [1.807, 2.05) is 0 Å². The molecular weight excluding hydrogens is 218 g/mol. The Hall–Kier alpha value is -1.36. The molecule has 0 amide bonds. The van der Waals surface area contributed by atoms with Crippen molar-refractivity contribution in [3.8, 4) is 11.5 Å². The third-order valence-electron chi connectivity index (χ3n) is 2.41. The highest BCUT2D eigenvalue weighted by Crippen LogP contribution is 2.36. The molecule has 1 aromatic rings. The summed E-state index contributed by atoms with van der Waals surface area (Å²) in [6.45, 7) is 0.510. The summed E-state index contributed by atoms with van der Waals surface area (Å²) >= 11 is 0. The van der Waals surface area contributed by atoms with Gasteiger partial charge in [-0.1, -0.05) is 0 Å². The van der Waals surface area contributed by atoms with Crippen molar-refractivity contribution in [3.63, 3.8) is 0 Å². The zero-order chi connectivity index (χ0) is 11.5. The molecule has 0 unspecified atom stereocenters. The molecule has 0 aromatic heterocycles. The van der Waals surface area contributed by atoms with Crippen LogP contribution in [-0.4, -0.2) is 18.3 Å². The molecule has 88 valence electrons. The molecule has 0 atom stereocenters. The highest BCUT2D eigenvalue weighted by molar-refractivity contribution is 5.48. The van der Waals surface area contributed by atoms with Gasteiger partial charge < -0.3 is 14.6 Å². The second-order valence-corrected chi connectivity index (χ2v) is 3.51. The van der Waals surface area contributed by atoms with Crippen LogP contribution in [0.5, 0.6) is 11.5 Å². The third kappa shape index (κ3) is 2.09. The standard InChI is InChI=1S/C11H12F2O3/c12-11(13)8-5-10-9(4-7(8)6-14)15-2-1-3-16-10/h4-5,11,14H,1-3,6H2. The van der Waals surface area contributed by atoms with Crippen LogP contribution < -0.4 is 9.47 Å². The minimum atomic E-state index is -2.63. The molecule has 1 aliphatic rings. The Morgan fingerprint density at radius 2 is 1.81 bits per heavy atom. The van der Waals surface area contributed by atoms with Gasteiger partial charge in [-0.2, -0.15) is 0 Å². The van der Waals surface area contributed by atoms with Crippen LogP contribution in [0, 0.1) is 0 Å². The number of hydrogen-bond acceptors (Lipinski definition) is 3. The van der Waals surface area contributed by atoms with Crippen LogP contribution in [0.25, 0.3) is 0 Å². The molecule has 0 radical (unpaired) electrons. The Kier molecular flexibility index (Phi) is 3.24. The lowest BCUT2D eigenvalue weighted by Gasteiger charge is -2.12. The van der Waals surface area contributed by atoms with Crippen molar-refractivity contribution in [1.82, 2.24) is 0 Å². The highest BCUT2D eigenvalue weighted by Gasteiger charge is 2.19. The van der Waals surface area contributed by atoms with E-state index in [1.165, 1.54) is 12.1 Å². The van der Waals surface area contributed by atoms with Crippen LogP contribution in [0.1, 0.15) is 24.0 Å². The second kappa shape index (κ2) is 4.65. The fourth-order valence-electron chi connectivity index (χ4n) is 1.61. The van der Waals surface area contributed by atoms with Crippen LogP contribution in [0.15, 0.2) is 12.1 Å². The van der Waals surface area contributed by atoms with E-state index in [4.69, 9.17) is 14.6 Å². The van der Waals surface area contributed by atoms with Gasteiger partial charge in [0.25, 0.3) is 6.43 Å². The number of rotatable bonds is 2. The summed E-state index contributed by atoms with van der Waals surface area (Å²) in [5.74, 6) is 0.746. The first-order valence-electron chi connectivity index (χ1n) is 5.04. The maximum atomic E-state index is 12.7. The van der Waals surface area contributed by atoms with Crippen LogP contribution in [0.2, 0.25) is 0 Å². The summed E-state index contributed by atoms with van der Waals surface area (Å²) in [5, 5.41) is 9.01. The summed E-state index contributed by atoms with van der Waals surface area (Å²) in [5.41, 5.74) is -0.0222. The summed E-state index contributed by atoms with van der Waals surface area (Å²) < 4.78 is 36.0. The lowest BCUT2D eigenvalue weighted by atomic mass is 10.1. The molecule has 0 fully saturated rings. The molecule has 1 N–H and O–H groups in total. The van der Waals surface area contributed by atoms with Gasteiger partial charge in [-0.3, -0.25) is 0 Å². The molecule has 0 spiro atoms. The maximum Gasteiger partial charge on any atom is 0.264 e. The summed E-state index contributed by atoms with van der Waals surface area (Å²) in [7, 11) is 0. The van der Waals surface area contributed by atoms with Gasteiger partial charge in [0.2, 0.25) is 0 Å². The molecule has 1 heterocycles. The molecule has 0 saturated heterocycles. The predicted molar refractivity (Wildman–Crippen MR) is 52.9 cm³/mol. The average Bonchev–Trinajstić information content (AvgIpc) is 2.51. The highest BCUT2D eigenvalue weighted by atomic mass is 19.3. The molecule has 0 aliphatic carbocycles. The Morgan fingerprint density at radius 1 is 1.19 bits per heavy atom. The minimum Gasteiger partial charge on any atom is -0.490 e. The fraction of sp³-hybridized carbons (Fsp3) is 0.455. The van der Waals surface area contributed by atoms with Crippen molar-refractivity contribution < 1.29 is 23.4 Å². The zero-order valence-electron chi connectivity index (χ0n) is 8.58. The lowest BCUT2D eigenvalue weighted by molar-refractivity contribution is 0.146. The van der Waals surface area contributed by atoms with E-state index in [-0.39, 0.29) is 11.1 Å². The molecule has 1 aliphatic heterocycles. The minimum absolute atomic E-state index is 0.180. The van der Waals surface area contributed by atoms with Gasteiger partial charge >= 0.3 is 0 Å². The van der Waals surface area contributed by atoms with E-state index in [0.29, 0.717) is 31.1 Å². The predicted octanol–water partition coefficient (Wildman–Crippen LogP) is 2.28. The smallest absolute Gasteiger partial charge is 0.264 e. The van der Waals surface area contributed by atoms with E-state index in [1.54, 1.807) is 0 Å². The van der Waals surface area contributed by atoms with Crippen LogP contribution in [0.3, 0.4) is 0 Å². The first kappa shape index (κ1) is 11.1. The van der Waals surface area contributed by atoms with Crippen LogP contribution in [-0.2, 0) is 6.61 Å². The maximum absolute atomic E-state index is 12.7. The Morgan fingerprint density at radius 3 is 2.38 bits per heavy atom. The Balaban J connectivity index is 2.44. The monoisotopic (exact) mass is 230 g/mol. The van der Waals surface area contributed by atoms with Crippen molar-refractivity contribution >= 4 is 0 Å². The Labute approximate surface area is 91.6 Å². The van der Waals surface area contributed by atoms with Gasteiger partial charge in [-0.25, -0.2) is 8.78 Å². The molecule has 16 heavy (non-hydrogen) atoms. The van der Waals surface area contributed by atoms with E-state index in [9.17, 15) is 8.78 Å². The third-order valence-corrected chi connectivity index (χ3v) is 2.41. The van der Waals surface area contributed by atoms with Gasteiger partial charge in [0.05, 0.1) is 19.8 Å². The number of fused-ring (bicyclic) bond motifs is 1. The van der Waals surface area contributed by atoms with Gasteiger partial charge in [-0.15, -0.1) is 0 Å². The SMILES string of the molecule is OCc1cc2c(cc1C(F)F)OCCCO2. The van der Waals surface area contributed by atoms with Crippen LogP contribution in [0.4, 0.5) is 8.78 Å². The van der Waals surface area contributed by atoms with E-state index >= 15 is 0 Å². The van der Waals surface area contributed by atoms with Gasteiger partial charge in [0, 0.05) is 12.0 Å². The zero-order valence-corrected chi connectivity index (χ0v) is 8.58. The number of aliphatic hydroxyl groups is 1. The normalized spacial score (nSPS) is 15.0. The number of aliphatic hydroxyl groups excluding tert-OH is 1. The molecule has 3 nitrogen and oxygen atoms in total. The second-order valence-electron chi connectivity index (χ2n) is 3.51. The van der Waals surface area contributed by atoms with E-state index in [0.717, 1.165) is 0 Å². The lowest BCUT2D eigenvalue weighted by Crippen LogP contribution is -1.99. The molecule has 2 rings (SSSR count). The van der Waals surface area contributed by atoms with Crippen molar-refractivity contribution in [2.45, 2.75) is 19.5 Å². The van der Waals surface area contributed by atoms with Crippen molar-refractivity contribution in [2.24, 2.45) is 0 Å². The molecule has 1 aromatic carbocycles. The summed E-state index contributed by atoms with van der Waals surface area (Å²) in [6, 6.07) is 2.67. The number of hydrogen-bond donors (Lipinski definition) is 1. The van der Waals surface area contributed by atoms with Gasteiger partial charge in [0.1, 0.15) is 0 Å². The molecule has 0 saturated carbocycles. The molecule has 0 bridgehead atoms. The van der Waals surface area contributed by atoms with E-state index < -0.39 is 13.0 Å². The van der Waals surface area contributed by atoms with Crippen molar-refractivity contribution in [2.75, 3.05) is 13.2 Å². The first-order chi connectivity index (χ1) is 7.72. The molecular formula is C11H12F2O3.